The quantitative estimate of drug-likeness (QED) is 0.879. The number of benzene rings is 1. The average molecular weight is 244 g/mol. The number of aryl methyl sites for hydroxylation is 1. The molecule has 2 heteroatoms. The van der Waals surface area contributed by atoms with Gasteiger partial charge in [-0.1, -0.05) is 29.8 Å². The lowest BCUT2D eigenvalue weighted by Gasteiger charge is -2.35. The summed E-state index contributed by atoms with van der Waals surface area (Å²) in [7, 11) is 0. The van der Waals surface area contributed by atoms with Crippen LogP contribution >= 0.6 is 0 Å². The molecule has 0 aromatic heterocycles. The van der Waals surface area contributed by atoms with Crippen LogP contribution < -0.4 is 5.32 Å². The van der Waals surface area contributed by atoms with E-state index in [1.54, 1.807) is 0 Å². The van der Waals surface area contributed by atoms with Gasteiger partial charge in [-0.05, 0) is 51.3 Å². The normalized spacial score (nSPS) is 28.3. The van der Waals surface area contributed by atoms with Crippen molar-refractivity contribution < 1.29 is 0 Å². The molecule has 1 aromatic rings. The summed E-state index contributed by atoms with van der Waals surface area (Å²) in [6.45, 7) is 5.82. The van der Waals surface area contributed by atoms with Crippen LogP contribution in [0.1, 0.15) is 36.8 Å². The van der Waals surface area contributed by atoms with E-state index in [9.17, 15) is 0 Å². The summed E-state index contributed by atoms with van der Waals surface area (Å²) in [5, 5.41) is 3.74. The summed E-state index contributed by atoms with van der Waals surface area (Å²) >= 11 is 0. The molecule has 3 rings (SSSR count). The fraction of sp³-hybridized carbons (Fsp3) is 0.625. The third-order valence-electron chi connectivity index (χ3n) is 4.54. The molecule has 0 bridgehead atoms. The second-order valence-electron chi connectivity index (χ2n) is 5.92. The SMILES string of the molecule is Cc1ccc(CN[C@@H]2CCN3CCC[C@H]3C2)cc1. The number of rotatable bonds is 3. The maximum Gasteiger partial charge on any atom is 0.0208 e. The molecule has 0 amide bonds. The molecule has 0 unspecified atom stereocenters. The van der Waals surface area contributed by atoms with Crippen molar-refractivity contribution in [1.29, 1.82) is 0 Å². The van der Waals surface area contributed by atoms with E-state index in [-0.39, 0.29) is 0 Å². The first-order chi connectivity index (χ1) is 8.81. The van der Waals surface area contributed by atoms with E-state index in [1.807, 2.05) is 0 Å². The van der Waals surface area contributed by atoms with Gasteiger partial charge in [-0.15, -0.1) is 0 Å². The van der Waals surface area contributed by atoms with E-state index < -0.39 is 0 Å². The molecule has 0 radical (unpaired) electrons. The molecule has 18 heavy (non-hydrogen) atoms. The summed E-state index contributed by atoms with van der Waals surface area (Å²) in [6.07, 6.45) is 5.51. The van der Waals surface area contributed by atoms with Crippen LogP contribution in [0.15, 0.2) is 24.3 Å². The molecule has 98 valence electrons. The molecule has 1 aromatic carbocycles. The van der Waals surface area contributed by atoms with E-state index >= 15 is 0 Å². The Kier molecular flexibility index (Phi) is 3.67. The van der Waals surface area contributed by atoms with Gasteiger partial charge in [0.05, 0.1) is 0 Å². The summed E-state index contributed by atoms with van der Waals surface area (Å²) in [6, 6.07) is 10.5. The van der Waals surface area contributed by atoms with E-state index in [2.05, 4.69) is 41.4 Å². The predicted molar refractivity (Wildman–Crippen MR) is 75.6 cm³/mol. The highest BCUT2D eigenvalue weighted by atomic mass is 15.2. The first-order valence-electron chi connectivity index (χ1n) is 7.34. The fourth-order valence-corrected chi connectivity index (χ4v) is 3.38. The van der Waals surface area contributed by atoms with Crippen LogP contribution in [-0.2, 0) is 6.54 Å². The zero-order valence-electron chi connectivity index (χ0n) is 11.4. The van der Waals surface area contributed by atoms with E-state index in [4.69, 9.17) is 0 Å². The van der Waals surface area contributed by atoms with Crippen molar-refractivity contribution >= 4 is 0 Å². The topological polar surface area (TPSA) is 15.3 Å². The van der Waals surface area contributed by atoms with Crippen LogP contribution in [0.5, 0.6) is 0 Å². The standard InChI is InChI=1S/C16H24N2/c1-13-4-6-14(7-5-13)12-17-15-8-10-18-9-2-3-16(18)11-15/h4-7,15-17H,2-3,8-12H2,1H3/t15-,16+/m1/s1. The Bertz CT molecular complexity index is 385. The van der Waals surface area contributed by atoms with Gasteiger partial charge in [-0.3, -0.25) is 0 Å². The zero-order chi connectivity index (χ0) is 12.4. The van der Waals surface area contributed by atoms with Crippen LogP contribution in [0.2, 0.25) is 0 Å². The summed E-state index contributed by atoms with van der Waals surface area (Å²) in [4.78, 5) is 2.68. The highest BCUT2D eigenvalue weighted by Gasteiger charge is 2.31. The molecule has 1 N–H and O–H groups in total. The smallest absolute Gasteiger partial charge is 0.0208 e. The van der Waals surface area contributed by atoms with Gasteiger partial charge >= 0.3 is 0 Å². The number of piperidine rings is 1. The van der Waals surface area contributed by atoms with Gasteiger partial charge in [0, 0.05) is 18.6 Å². The van der Waals surface area contributed by atoms with Gasteiger partial charge < -0.3 is 10.2 Å². The maximum absolute atomic E-state index is 3.74. The summed E-state index contributed by atoms with van der Waals surface area (Å²) in [5.74, 6) is 0. The van der Waals surface area contributed by atoms with Crippen LogP contribution in [0.4, 0.5) is 0 Å². The first kappa shape index (κ1) is 12.2. The number of nitrogens with one attached hydrogen (secondary N) is 1. The Morgan fingerprint density at radius 3 is 2.83 bits per heavy atom. The molecule has 2 saturated heterocycles. The van der Waals surface area contributed by atoms with Gasteiger partial charge in [0.2, 0.25) is 0 Å². The lowest BCUT2D eigenvalue weighted by molar-refractivity contribution is 0.166. The van der Waals surface area contributed by atoms with Gasteiger partial charge in [0.25, 0.3) is 0 Å². The van der Waals surface area contributed by atoms with Crippen LogP contribution in [0.25, 0.3) is 0 Å². The number of hydrogen-bond acceptors (Lipinski definition) is 2. The minimum atomic E-state index is 0.727. The van der Waals surface area contributed by atoms with E-state index in [1.165, 1.54) is 49.9 Å². The summed E-state index contributed by atoms with van der Waals surface area (Å²) < 4.78 is 0. The molecule has 2 aliphatic rings. The Hall–Kier alpha value is -0.860. The third kappa shape index (κ3) is 2.76. The predicted octanol–water partition coefficient (Wildman–Crippen LogP) is 2.71. The van der Waals surface area contributed by atoms with Crippen molar-refractivity contribution in [3.05, 3.63) is 35.4 Å². The number of fused-ring (bicyclic) bond motifs is 1. The van der Waals surface area contributed by atoms with Crippen molar-refractivity contribution in [3.8, 4) is 0 Å². The number of hydrogen-bond donors (Lipinski definition) is 1. The van der Waals surface area contributed by atoms with Crippen molar-refractivity contribution in [2.24, 2.45) is 0 Å². The average Bonchev–Trinajstić information content (AvgIpc) is 2.85. The van der Waals surface area contributed by atoms with E-state index in [0.717, 1.165) is 18.6 Å². The second-order valence-corrected chi connectivity index (χ2v) is 5.92. The first-order valence-corrected chi connectivity index (χ1v) is 7.34. The van der Waals surface area contributed by atoms with Crippen LogP contribution in [-0.4, -0.2) is 30.1 Å². The minimum Gasteiger partial charge on any atom is -0.310 e. The summed E-state index contributed by atoms with van der Waals surface area (Å²) in [5.41, 5.74) is 2.76. The molecule has 2 atom stereocenters. The lowest BCUT2D eigenvalue weighted by atomic mass is 9.97. The Labute approximate surface area is 110 Å². The monoisotopic (exact) mass is 244 g/mol. The van der Waals surface area contributed by atoms with Crippen LogP contribution in [0.3, 0.4) is 0 Å². The highest BCUT2D eigenvalue weighted by molar-refractivity contribution is 5.21. The van der Waals surface area contributed by atoms with Crippen molar-refractivity contribution in [2.75, 3.05) is 13.1 Å². The van der Waals surface area contributed by atoms with Gasteiger partial charge in [-0.2, -0.15) is 0 Å². The molecule has 2 heterocycles. The molecular formula is C16H24N2. The van der Waals surface area contributed by atoms with Gasteiger partial charge in [0.15, 0.2) is 0 Å². The maximum atomic E-state index is 3.74. The van der Waals surface area contributed by atoms with Crippen LogP contribution in [0, 0.1) is 6.92 Å². The molecule has 0 saturated carbocycles. The largest absolute Gasteiger partial charge is 0.310 e. The second kappa shape index (κ2) is 5.41. The Balaban J connectivity index is 1.50. The lowest BCUT2D eigenvalue weighted by Crippen LogP contribution is -2.45. The molecule has 2 aliphatic heterocycles. The van der Waals surface area contributed by atoms with Gasteiger partial charge in [-0.25, -0.2) is 0 Å². The Morgan fingerprint density at radius 2 is 2.00 bits per heavy atom. The molecular weight excluding hydrogens is 220 g/mol. The molecule has 2 fully saturated rings. The molecule has 0 spiro atoms. The molecule has 0 aliphatic carbocycles. The molecule has 2 nitrogen and oxygen atoms in total. The van der Waals surface area contributed by atoms with Crippen molar-refractivity contribution in [1.82, 2.24) is 10.2 Å². The van der Waals surface area contributed by atoms with Gasteiger partial charge in [0.1, 0.15) is 0 Å². The van der Waals surface area contributed by atoms with Crippen molar-refractivity contribution in [3.63, 3.8) is 0 Å². The fourth-order valence-electron chi connectivity index (χ4n) is 3.38. The number of nitrogens with zero attached hydrogens (tertiary/aromatic N) is 1. The van der Waals surface area contributed by atoms with E-state index in [0.29, 0.717) is 0 Å². The Morgan fingerprint density at radius 1 is 1.17 bits per heavy atom. The zero-order valence-corrected chi connectivity index (χ0v) is 11.4. The minimum absolute atomic E-state index is 0.727. The highest BCUT2D eigenvalue weighted by Crippen LogP contribution is 2.26. The van der Waals surface area contributed by atoms with Crippen molar-refractivity contribution in [2.45, 2.75) is 51.2 Å². The third-order valence-corrected chi connectivity index (χ3v) is 4.54.